The SMILES string of the molecule is C=CCCCC(=O)Nc1nnnn1C1CCN(C(=O)OC(C)(C)C)CC1. The third-order valence-corrected chi connectivity index (χ3v) is 4.02. The summed E-state index contributed by atoms with van der Waals surface area (Å²) in [7, 11) is 0. The van der Waals surface area contributed by atoms with E-state index in [0.717, 1.165) is 12.8 Å². The second-order valence-electron chi connectivity index (χ2n) is 7.37. The summed E-state index contributed by atoms with van der Waals surface area (Å²) in [6.45, 7) is 10.3. The summed E-state index contributed by atoms with van der Waals surface area (Å²) in [5, 5.41) is 14.4. The van der Waals surface area contributed by atoms with Crippen LogP contribution in [0, 0.1) is 0 Å². The van der Waals surface area contributed by atoms with Gasteiger partial charge in [0.05, 0.1) is 6.04 Å². The number of unbranched alkanes of at least 4 members (excludes halogenated alkanes) is 1. The first-order valence-corrected chi connectivity index (χ1v) is 8.96. The Morgan fingerprint density at radius 3 is 2.65 bits per heavy atom. The van der Waals surface area contributed by atoms with Crippen molar-refractivity contribution in [2.24, 2.45) is 0 Å². The lowest BCUT2D eigenvalue weighted by Crippen LogP contribution is -2.42. The maximum Gasteiger partial charge on any atom is 0.410 e. The van der Waals surface area contributed by atoms with Gasteiger partial charge in [-0.25, -0.2) is 9.48 Å². The van der Waals surface area contributed by atoms with Gasteiger partial charge in [-0.05, 0) is 56.9 Å². The Bertz CT molecular complexity index is 629. The smallest absolute Gasteiger partial charge is 0.410 e. The molecule has 0 radical (unpaired) electrons. The molecule has 9 nitrogen and oxygen atoms in total. The molecule has 1 fully saturated rings. The number of carbonyl (C=O) groups is 2. The Kier molecular flexibility index (Phi) is 6.70. The first kappa shape index (κ1) is 19.9. The van der Waals surface area contributed by atoms with E-state index in [-0.39, 0.29) is 18.0 Å². The van der Waals surface area contributed by atoms with Gasteiger partial charge in [0.2, 0.25) is 11.9 Å². The van der Waals surface area contributed by atoms with E-state index < -0.39 is 5.60 Å². The van der Waals surface area contributed by atoms with Crippen molar-refractivity contribution >= 4 is 17.9 Å². The number of nitrogens with zero attached hydrogens (tertiary/aromatic N) is 5. The van der Waals surface area contributed by atoms with E-state index >= 15 is 0 Å². The van der Waals surface area contributed by atoms with Crippen LogP contribution < -0.4 is 5.32 Å². The number of likely N-dealkylation sites (tertiary alicyclic amines) is 1. The van der Waals surface area contributed by atoms with E-state index in [1.54, 1.807) is 15.7 Å². The number of carbonyl (C=O) groups excluding carboxylic acids is 2. The fourth-order valence-electron chi connectivity index (χ4n) is 2.74. The normalized spacial score (nSPS) is 15.6. The second kappa shape index (κ2) is 8.77. The van der Waals surface area contributed by atoms with Crippen LogP contribution in [0.3, 0.4) is 0 Å². The highest BCUT2D eigenvalue weighted by Gasteiger charge is 2.29. The van der Waals surface area contributed by atoms with E-state index in [0.29, 0.717) is 38.3 Å². The van der Waals surface area contributed by atoms with Crippen LogP contribution >= 0.6 is 0 Å². The number of allylic oxidation sites excluding steroid dienone is 1. The first-order valence-electron chi connectivity index (χ1n) is 8.96. The Morgan fingerprint density at radius 2 is 2.04 bits per heavy atom. The molecule has 2 amide bonds. The summed E-state index contributed by atoms with van der Waals surface area (Å²) in [4.78, 5) is 25.8. The molecular formula is C17H28N6O3. The van der Waals surface area contributed by atoms with Crippen molar-refractivity contribution in [1.82, 2.24) is 25.1 Å². The molecule has 2 heterocycles. The molecule has 0 aliphatic carbocycles. The fraction of sp³-hybridized carbons (Fsp3) is 0.706. The number of aromatic nitrogens is 4. The van der Waals surface area contributed by atoms with Crippen molar-refractivity contribution in [2.45, 2.75) is 64.5 Å². The number of piperidine rings is 1. The van der Waals surface area contributed by atoms with Crippen molar-refractivity contribution < 1.29 is 14.3 Å². The summed E-state index contributed by atoms with van der Waals surface area (Å²) in [5.74, 6) is 0.235. The van der Waals surface area contributed by atoms with Gasteiger partial charge in [-0.15, -0.1) is 6.58 Å². The monoisotopic (exact) mass is 364 g/mol. The molecule has 26 heavy (non-hydrogen) atoms. The fourth-order valence-corrected chi connectivity index (χ4v) is 2.74. The van der Waals surface area contributed by atoms with E-state index in [2.05, 4.69) is 27.4 Å². The summed E-state index contributed by atoms with van der Waals surface area (Å²) in [6, 6.07) is 0.0344. The minimum Gasteiger partial charge on any atom is -0.444 e. The molecule has 9 heteroatoms. The van der Waals surface area contributed by atoms with Crippen LogP contribution in [0.15, 0.2) is 12.7 Å². The molecule has 0 unspecified atom stereocenters. The zero-order chi connectivity index (χ0) is 19.2. The molecular weight excluding hydrogens is 336 g/mol. The van der Waals surface area contributed by atoms with Gasteiger partial charge in [0, 0.05) is 19.5 Å². The van der Waals surface area contributed by atoms with Crippen LogP contribution in [0.1, 0.15) is 58.9 Å². The lowest BCUT2D eigenvalue weighted by Gasteiger charge is -2.33. The highest BCUT2D eigenvalue weighted by atomic mass is 16.6. The Balaban J connectivity index is 1.88. The van der Waals surface area contributed by atoms with E-state index in [9.17, 15) is 9.59 Å². The first-order chi connectivity index (χ1) is 12.3. The molecule has 144 valence electrons. The zero-order valence-corrected chi connectivity index (χ0v) is 15.8. The van der Waals surface area contributed by atoms with Gasteiger partial charge in [0.1, 0.15) is 5.60 Å². The van der Waals surface area contributed by atoms with Crippen molar-refractivity contribution in [2.75, 3.05) is 18.4 Å². The van der Waals surface area contributed by atoms with Crippen LogP contribution in [0.25, 0.3) is 0 Å². The van der Waals surface area contributed by atoms with Gasteiger partial charge in [0.25, 0.3) is 0 Å². The number of rotatable bonds is 6. The number of anilines is 1. The predicted molar refractivity (Wildman–Crippen MR) is 96.6 cm³/mol. The number of hydrogen-bond acceptors (Lipinski definition) is 6. The average Bonchev–Trinajstić information content (AvgIpc) is 3.01. The van der Waals surface area contributed by atoms with E-state index in [1.807, 2.05) is 20.8 Å². The Hall–Kier alpha value is -2.45. The number of tetrazole rings is 1. The van der Waals surface area contributed by atoms with Crippen LogP contribution in [-0.4, -0.2) is 55.8 Å². The molecule has 1 aromatic rings. The lowest BCUT2D eigenvalue weighted by molar-refractivity contribution is -0.116. The number of hydrogen-bond donors (Lipinski definition) is 1. The molecule has 0 atom stereocenters. The third-order valence-electron chi connectivity index (χ3n) is 4.02. The highest BCUT2D eigenvalue weighted by molar-refractivity contribution is 5.88. The number of nitrogens with one attached hydrogen (secondary N) is 1. The van der Waals surface area contributed by atoms with Crippen LogP contribution in [-0.2, 0) is 9.53 Å². The van der Waals surface area contributed by atoms with Crippen molar-refractivity contribution in [3.05, 3.63) is 12.7 Å². The molecule has 1 saturated heterocycles. The van der Waals surface area contributed by atoms with Crippen LogP contribution in [0.5, 0.6) is 0 Å². The van der Waals surface area contributed by atoms with Crippen molar-refractivity contribution in [3.8, 4) is 0 Å². The maximum absolute atomic E-state index is 12.1. The molecule has 1 aromatic heterocycles. The molecule has 0 saturated carbocycles. The quantitative estimate of drug-likeness (QED) is 0.615. The van der Waals surface area contributed by atoms with Gasteiger partial charge in [0.15, 0.2) is 0 Å². The summed E-state index contributed by atoms with van der Waals surface area (Å²) >= 11 is 0. The van der Waals surface area contributed by atoms with Gasteiger partial charge < -0.3 is 9.64 Å². The van der Waals surface area contributed by atoms with Crippen LogP contribution in [0.4, 0.5) is 10.7 Å². The largest absolute Gasteiger partial charge is 0.444 e. The van der Waals surface area contributed by atoms with Crippen LogP contribution in [0.2, 0.25) is 0 Å². The second-order valence-corrected chi connectivity index (χ2v) is 7.37. The minimum absolute atomic E-state index is 0.0344. The molecule has 0 bridgehead atoms. The number of ether oxygens (including phenoxy) is 1. The molecule has 0 spiro atoms. The summed E-state index contributed by atoms with van der Waals surface area (Å²) in [6.07, 6.45) is 4.81. The standard InChI is InChI=1S/C17H28N6O3/c1-5-6-7-8-14(24)18-15-19-20-21-23(15)13-9-11-22(12-10-13)16(25)26-17(2,3)4/h5,13H,1,6-12H2,2-4H3,(H,18,19,21,24). The highest BCUT2D eigenvalue weighted by Crippen LogP contribution is 2.25. The van der Waals surface area contributed by atoms with E-state index in [4.69, 9.17) is 4.74 Å². The Morgan fingerprint density at radius 1 is 1.35 bits per heavy atom. The zero-order valence-electron chi connectivity index (χ0n) is 15.8. The predicted octanol–water partition coefficient (Wildman–Crippen LogP) is 2.54. The lowest BCUT2D eigenvalue weighted by atomic mass is 10.1. The van der Waals surface area contributed by atoms with Gasteiger partial charge in [-0.1, -0.05) is 11.2 Å². The molecule has 2 rings (SSSR count). The summed E-state index contributed by atoms with van der Waals surface area (Å²) < 4.78 is 7.04. The summed E-state index contributed by atoms with van der Waals surface area (Å²) in [5.41, 5.74) is -0.507. The van der Waals surface area contributed by atoms with Gasteiger partial charge >= 0.3 is 6.09 Å². The van der Waals surface area contributed by atoms with E-state index in [1.165, 1.54) is 0 Å². The van der Waals surface area contributed by atoms with Crippen molar-refractivity contribution in [3.63, 3.8) is 0 Å². The topological polar surface area (TPSA) is 102 Å². The third kappa shape index (κ3) is 5.82. The molecule has 1 aliphatic heterocycles. The Labute approximate surface area is 153 Å². The minimum atomic E-state index is -0.507. The van der Waals surface area contributed by atoms with Gasteiger partial charge in [-0.2, -0.15) is 0 Å². The molecule has 1 N–H and O–H groups in total. The molecule has 0 aromatic carbocycles. The van der Waals surface area contributed by atoms with Crippen molar-refractivity contribution in [1.29, 1.82) is 0 Å². The number of amides is 2. The van der Waals surface area contributed by atoms with Gasteiger partial charge in [-0.3, -0.25) is 10.1 Å². The average molecular weight is 364 g/mol. The molecule has 1 aliphatic rings. The maximum atomic E-state index is 12.1.